The fourth-order valence-corrected chi connectivity index (χ4v) is 2.21. The average Bonchev–Trinajstić information content (AvgIpc) is 2.46. The third-order valence-electron chi connectivity index (χ3n) is 3.29. The van der Waals surface area contributed by atoms with Crippen molar-refractivity contribution < 1.29 is 9.59 Å². The van der Waals surface area contributed by atoms with Gasteiger partial charge in [0.25, 0.3) is 5.91 Å². The molecule has 1 aromatic heterocycles. The Bertz CT molecular complexity index is 489. The number of likely N-dealkylation sites (N-methyl/N-ethyl adjacent to an activating group) is 1. The SMILES string of the molecule is CNC(=O)C1CNCCN1C(=O)c1cccnc1C. The van der Waals surface area contributed by atoms with Crippen LogP contribution in [0.2, 0.25) is 0 Å². The molecule has 0 radical (unpaired) electrons. The van der Waals surface area contributed by atoms with Gasteiger partial charge in [-0.05, 0) is 19.1 Å². The van der Waals surface area contributed by atoms with E-state index in [9.17, 15) is 9.59 Å². The minimum Gasteiger partial charge on any atom is -0.357 e. The number of carbonyl (C=O) groups excluding carboxylic acids is 2. The van der Waals surface area contributed by atoms with Crippen LogP contribution >= 0.6 is 0 Å². The lowest BCUT2D eigenvalue weighted by molar-refractivity contribution is -0.125. The standard InChI is InChI=1S/C13H18N4O2/c1-9-10(4-3-5-16-9)13(19)17-7-6-15-8-11(17)12(18)14-2/h3-5,11,15H,6-8H2,1-2H3,(H,14,18). The molecule has 0 aliphatic carbocycles. The number of hydrogen-bond donors (Lipinski definition) is 2. The van der Waals surface area contributed by atoms with Gasteiger partial charge in [0.05, 0.1) is 5.56 Å². The number of piperazine rings is 1. The van der Waals surface area contributed by atoms with Crippen LogP contribution in [-0.4, -0.2) is 54.4 Å². The van der Waals surface area contributed by atoms with Gasteiger partial charge in [-0.1, -0.05) is 0 Å². The highest BCUT2D eigenvalue weighted by molar-refractivity contribution is 5.98. The molecule has 19 heavy (non-hydrogen) atoms. The number of pyridine rings is 1. The Morgan fingerprint density at radius 2 is 2.32 bits per heavy atom. The fourth-order valence-electron chi connectivity index (χ4n) is 2.21. The Kier molecular flexibility index (Phi) is 4.11. The predicted molar refractivity (Wildman–Crippen MR) is 70.7 cm³/mol. The van der Waals surface area contributed by atoms with Crippen molar-refractivity contribution in [1.29, 1.82) is 0 Å². The second-order valence-corrected chi connectivity index (χ2v) is 4.47. The highest BCUT2D eigenvalue weighted by Crippen LogP contribution is 2.12. The average molecular weight is 262 g/mol. The third-order valence-corrected chi connectivity index (χ3v) is 3.29. The molecule has 0 aromatic carbocycles. The molecular weight excluding hydrogens is 244 g/mol. The highest BCUT2D eigenvalue weighted by Gasteiger charge is 2.32. The van der Waals surface area contributed by atoms with Gasteiger partial charge in [0, 0.05) is 38.6 Å². The van der Waals surface area contributed by atoms with E-state index in [2.05, 4.69) is 15.6 Å². The second-order valence-electron chi connectivity index (χ2n) is 4.47. The first kappa shape index (κ1) is 13.5. The maximum Gasteiger partial charge on any atom is 0.256 e. The lowest BCUT2D eigenvalue weighted by Crippen LogP contribution is -2.59. The molecule has 102 valence electrons. The highest BCUT2D eigenvalue weighted by atomic mass is 16.2. The van der Waals surface area contributed by atoms with Crippen LogP contribution in [0.3, 0.4) is 0 Å². The minimum absolute atomic E-state index is 0.138. The first-order valence-electron chi connectivity index (χ1n) is 6.30. The summed E-state index contributed by atoms with van der Waals surface area (Å²) in [6, 6.07) is 3.01. The van der Waals surface area contributed by atoms with Gasteiger partial charge in [0.15, 0.2) is 0 Å². The molecule has 2 rings (SSSR count). The van der Waals surface area contributed by atoms with Gasteiger partial charge in [0.1, 0.15) is 6.04 Å². The Morgan fingerprint density at radius 3 is 3.00 bits per heavy atom. The topological polar surface area (TPSA) is 74.3 Å². The number of rotatable bonds is 2. The largest absolute Gasteiger partial charge is 0.357 e. The quantitative estimate of drug-likeness (QED) is 0.757. The first-order chi connectivity index (χ1) is 9.15. The van der Waals surface area contributed by atoms with Crippen molar-refractivity contribution in [1.82, 2.24) is 20.5 Å². The van der Waals surface area contributed by atoms with Crippen LogP contribution in [0.5, 0.6) is 0 Å². The van der Waals surface area contributed by atoms with Gasteiger partial charge < -0.3 is 15.5 Å². The van der Waals surface area contributed by atoms with E-state index >= 15 is 0 Å². The Balaban J connectivity index is 2.25. The molecule has 6 heteroatoms. The molecule has 1 aliphatic rings. The summed E-state index contributed by atoms with van der Waals surface area (Å²) in [6.07, 6.45) is 1.65. The number of hydrogen-bond acceptors (Lipinski definition) is 4. The summed E-state index contributed by atoms with van der Waals surface area (Å²) in [4.78, 5) is 30.1. The predicted octanol–water partition coefficient (Wildman–Crippen LogP) is -0.450. The minimum atomic E-state index is -0.467. The van der Waals surface area contributed by atoms with Crippen LogP contribution < -0.4 is 10.6 Å². The first-order valence-corrected chi connectivity index (χ1v) is 6.30. The molecule has 2 N–H and O–H groups in total. The summed E-state index contributed by atoms with van der Waals surface area (Å²) in [6.45, 7) is 3.48. The Morgan fingerprint density at radius 1 is 1.53 bits per heavy atom. The van der Waals surface area contributed by atoms with Gasteiger partial charge in [-0.3, -0.25) is 14.6 Å². The van der Waals surface area contributed by atoms with E-state index in [1.165, 1.54) is 0 Å². The van der Waals surface area contributed by atoms with Crippen LogP contribution in [-0.2, 0) is 4.79 Å². The van der Waals surface area contributed by atoms with E-state index in [0.717, 1.165) is 0 Å². The molecule has 0 bridgehead atoms. The molecule has 2 amide bonds. The van der Waals surface area contributed by atoms with E-state index in [1.54, 1.807) is 37.2 Å². The van der Waals surface area contributed by atoms with Crippen LogP contribution in [0.4, 0.5) is 0 Å². The van der Waals surface area contributed by atoms with E-state index in [0.29, 0.717) is 30.9 Å². The number of nitrogens with one attached hydrogen (secondary N) is 2. The molecule has 1 fully saturated rings. The van der Waals surface area contributed by atoms with Gasteiger partial charge in [-0.25, -0.2) is 0 Å². The molecular formula is C13H18N4O2. The summed E-state index contributed by atoms with van der Waals surface area (Å²) >= 11 is 0. The van der Waals surface area contributed by atoms with Crippen molar-refractivity contribution >= 4 is 11.8 Å². The summed E-state index contributed by atoms with van der Waals surface area (Å²) in [5.41, 5.74) is 1.24. The lowest BCUT2D eigenvalue weighted by atomic mass is 10.1. The number of carbonyl (C=O) groups is 2. The number of aryl methyl sites for hydroxylation is 1. The fraction of sp³-hybridized carbons (Fsp3) is 0.462. The lowest BCUT2D eigenvalue weighted by Gasteiger charge is -2.35. The third kappa shape index (κ3) is 2.73. The van der Waals surface area contributed by atoms with Crippen molar-refractivity contribution in [3.05, 3.63) is 29.6 Å². The monoisotopic (exact) mass is 262 g/mol. The van der Waals surface area contributed by atoms with Gasteiger partial charge in [-0.2, -0.15) is 0 Å². The van der Waals surface area contributed by atoms with E-state index in [1.807, 2.05) is 0 Å². The zero-order chi connectivity index (χ0) is 13.8. The molecule has 0 saturated carbocycles. The molecule has 1 aliphatic heterocycles. The Hall–Kier alpha value is -1.95. The zero-order valence-electron chi connectivity index (χ0n) is 11.1. The van der Waals surface area contributed by atoms with Crippen LogP contribution in [0.25, 0.3) is 0 Å². The summed E-state index contributed by atoms with van der Waals surface area (Å²) < 4.78 is 0. The second kappa shape index (κ2) is 5.79. The summed E-state index contributed by atoms with van der Waals surface area (Å²) in [5, 5.41) is 5.73. The smallest absolute Gasteiger partial charge is 0.256 e. The molecule has 1 atom stereocenters. The molecule has 0 spiro atoms. The molecule has 2 heterocycles. The molecule has 1 unspecified atom stereocenters. The van der Waals surface area contributed by atoms with E-state index < -0.39 is 6.04 Å². The number of nitrogens with zero attached hydrogens (tertiary/aromatic N) is 2. The van der Waals surface area contributed by atoms with Gasteiger partial charge in [-0.15, -0.1) is 0 Å². The number of amides is 2. The van der Waals surface area contributed by atoms with E-state index in [-0.39, 0.29) is 11.8 Å². The normalized spacial score (nSPS) is 19.1. The molecule has 6 nitrogen and oxygen atoms in total. The van der Waals surface area contributed by atoms with Crippen LogP contribution in [0.1, 0.15) is 16.1 Å². The summed E-state index contributed by atoms with van der Waals surface area (Å²) in [5.74, 6) is -0.289. The summed E-state index contributed by atoms with van der Waals surface area (Å²) in [7, 11) is 1.58. The van der Waals surface area contributed by atoms with Crippen molar-refractivity contribution in [2.75, 3.05) is 26.7 Å². The van der Waals surface area contributed by atoms with Crippen LogP contribution in [0, 0.1) is 6.92 Å². The zero-order valence-corrected chi connectivity index (χ0v) is 11.1. The maximum absolute atomic E-state index is 12.5. The number of aromatic nitrogens is 1. The Labute approximate surface area is 112 Å². The maximum atomic E-state index is 12.5. The van der Waals surface area contributed by atoms with Crippen LogP contribution in [0.15, 0.2) is 18.3 Å². The molecule has 1 aromatic rings. The van der Waals surface area contributed by atoms with Crippen molar-refractivity contribution in [2.24, 2.45) is 0 Å². The van der Waals surface area contributed by atoms with Gasteiger partial charge >= 0.3 is 0 Å². The van der Waals surface area contributed by atoms with Crippen molar-refractivity contribution in [2.45, 2.75) is 13.0 Å². The van der Waals surface area contributed by atoms with E-state index in [4.69, 9.17) is 0 Å². The molecule has 1 saturated heterocycles. The van der Waals surface area contributed by atoms with Crippen molar-refractivity contribution in [3.8, 4) is 0 Å². The van der Waals surface area contributed by atoms with Gasteiger partial charge in [0.2, 0.25) is 5.91 Å². The van der Waals surface area contributed by atoms with Crippen molar-refractivity contribution in [3.63, 3.8) is 0 Å².